The molecule has 0 aliphatic carbocycles. The first-order chi connectivity index (χ1) is 9.04. The van der Waals surface area contributed by atoms with Gasteiger partial charge in [-0.05, 0) is 13.5 Å². The van der Waals surface area contributed by atoms with E-state index >= 15 is 0 Å². The number of halogens is 1. The average molecular weight is 286 g/mol. The number of likely N-dealkylation sites (N-methyl/N-ethyl adjacent to an activating group) is 1. The lowest BCUT2D eigenvalue weighted by molar-refractivity contribution is -0.122. The number of rotatable bonds is 5. The van der Waals surface area contributed by atoms with E-state index in [4.69, 9.17) is 16.3 Å². The van der Waals surface area contributed by atoms with Crippen molar-refractivity contribution in [2.75, 3.05) is 19.8 Å². The van der Waals surface area contributed by atoms with E-state index in [-0.39, 0.29) is 17.7 Å². The second kappa shape index (κ2) is 6.03. The fourth-order valence-corrected chi connectivity index (χ4v) is 2.76. The number of hydrogen-bond donors (Lipinski definition) is 1. The molecule has 2 heterocycles. The highest BCUT2D eigenvalue weighted by Crippen LogP contribution is 2.23. The van der Waals surface area contributed by atoms with E-state index in [2.05, 4.69) is 10.4 Å². The molecule has 1 saturated heterocycles. The molecule has 106 valence electrons. The molecule has 2 unspecified atom stereocenters. The van der Waals surface area contributed by atoms with Crippen LogP contribution >= 0.6 is 11.6 Å². The summed E-state index contributed by atoms with van der Waals surface area (Å²) in [5, 5.41) is 8.07. The molecule has 6 heteroatoms. The fraction of sp³-hybridized carbons (Fsp3) is 0.692. The number of aryl methyl sites for hydroxylation is 2. The summed E-state index contributed by atoms with van der Waals surface area (Å²) in [6.45, 7) is 5.84. The zero-order chi connectivity index (χ0) is 14.0. The Morgan fingerprint density at radius 1 is 1.58 bits per heavy atom. The van der Waals surface area contributed by atoms with Gasteiger partial charge in [0.15, 0.2) is 0 Å². The summed E-state index contributed by atoms with van der Waals surface area (Å²) in [5.41, 5.74) is 1.65. The Morgan fingerprint density at radius 2 is 2.32 bits per heavy atom. The number of ketones is 1. The number of nitrogens with one attached hydrogen (secondary N) is 1. The van der Waals surface area contributed by atoms with Crippen LogP contribution in [0.5, 0.6) is 0 Å². The molecule has 0 radical (unpaired) electrons. The Morgan fingerprint density at radius 3 is 2.89 bits per heavy atom. The maximum absolute atomic E-state index is 12.4. The van der Waals surface area contributed by atoms with Crippen molar-refractivity contribution in [2.45, 2.75) is 26.3 Å². The summed E-state index contributed by atoms with van der Waals surface area (Å²) in [4.78, 5) is 12.4. The van der Waals surface area contributed by atoms with E-state index in [1.54, 1.807) is 11.7 Å². The third-order valence-electron chi connectivity index (χ3n) is 3.58. The zero-order valence-electron chi connectivity index (χ0n) is 11.6. The highest BCUT2D eigenvalue weighted by molar-refractivity contribution is 6.30. The van der Waals surface area contributed by atoms with Gasteiger partial charge in [0, 0.05) is 25.1 Å². The van der Waals surface area contributed by atoms with Crippen LogP contribution in [0.15, 0.2) is 0 Å². The van der Waals surface area contributed by atoms with Gasteiger partial charge in [0.2, 0.25) is 0 Å². The average Bonchev–Trinajstić information content (AvgIpc) is 2.91. The normalized spacial score (nSPS) is 22.9. The molecule has 19 heavy (non-hydrogen) atoms. The summed E-state index contributed by atoms with van der Waals surface area (Å²) < 4.78 is 7.01. The first-order valence-electron chi connectivity index (χ1n) is 6.56. The minimum absolute atomic E-state index is 0.0874. The summed E-state index contributed by atoms with van der Waals surface area (Å²) in [5.74, 6) is 0.0806. The van der Waals surface area contributed by atoms with Gasteiger partial charge >= 0.3 is 0 Å². The Kier molecular flexibility index (Phi) is 4.60. The minimum atomic E-state index is -0.0874. The van der Waals surface area contributed by atoms with E-state index in [0.29, 0.717) is 24.8 Å². The van der Waals surface area contributed by atoms with Crippen molar-refractivity contribution in [3.8, 4) is 0 Å². The quantitative estimate of drug-likeness (QED) is 0.881. The Balaban J connectivity index is 2.08. The molecule has 5 nitrogen and oxygen atoms in total. The zero-order valence-corrected chi connectivity index (χ0v) is 12.3. The van der Waals surface area contributed by atoms with E-state index in [0.717, 1.165) is 17.8 Å². The molecule has 0 aromatic carbocycles. The monoisotopic (exact) mass is 285 g/mol. The first kappa shape index (κ1) is 14.5. The lowest BCUT2D eigenvalue weighted by Crippen LogP contribution is -2.39. The van der Waals surface area contributed by atoms with Crippen molar-refractivity contribution in [3.63, 3.8) is 0 Å². The molecular weight excluding hydrogens is 266 g/mol. The van der Waals surface area contributed by atoms with Crippen LogP contribution in [0.1, 0.15) is 18.2 Å². The van der Waals surface area contributed by atoms with Crippen LogP contribution < -0.4 is 5.32 Å². The smallest absolute Gasteiger partial charge is 0.144 e. The van der Waals surface area contributed by atoms with Crippen molar-refractivity contribution in [1.82, 2.24) is 15.1 Å². The number of carbonyl (C=O) groups is 1. The molecule has 1 aliphatic rings. The van der Waals surface area contributed by atoms with Gasteiger partial charge in [0.25, 0.3) is 0 Å². The Bertz CT molecular complexity index is 473. The van der Waals surface area contributed by atoms with Crippen molar-refractivity contribution in [1.29, 1.82) is 0 Å². The lowest BCUT2D eigenvalue weighted by Gasteiger charge is -2.17. The van der Waals surface area contributed by atoms with Gasteiger partial charge in [-0.15, -0.1) is 0 Å². The molecule has 1 aromatic rings. The predicted octanol–water partition coefficient (Wildman–Crippen LogP) is 1.12. The van der Waals surface area contributed by atoms with E-state index < -0.39 is 0 Å². The van der Waals surface area contributed by atoms with E-state index in [1.165, 1.54) is 0 Å². The third kappa shape index (κ3) is 2.99. The minimum Gasteiger partial charge on any atom is -0.379 e. The summed E-state index contributed by atoms with van der Waals surface area (Å²) in [7, 11) is 1.78. The van der Waals surface area contributed by atoms with Gasteiger partial charge in [-0.1, -0.05) is 18.5 Å². The van der Waals surface area contributed by atoms with Crippen LogP contribution in [0, 0.1) is 12.8 Å². The fourth-order valence-electron chi connectivity index (χ4n) is 2.52. The van der Waals surface area contributed by atoms with Crippen molar-refractivity contribution < 1.29 is 9.53 Å². The highest BCUT2D eigenvalue weighted by atomic mass is 35.5. The second-order valence-electron chi connectivity index (χ2n) is 4.93. The number of carbonyl (C=O) groups excluding carboxylic acids is 1. The third-order valence-corrected chi connectivity index (χ3v) is 4.05. The summed E-state index contributed by atoms with van der Waals surface area (Å²) >= 11 is 6.16. The van der Waals surface area contributed by atoms with Crippen LogP contribution in [-0.2, 0) is 23.0 Å². The van der Waals surface area contributed by atoms with Gasteiger partial charge in [0.1, 0.15) is 10.9 Å². The number of hydrogen-bond acceptors (Lipinski definition) is 4. The predicted molar refractivity (Wildman–Crippen MR) is 73.4 cm³/mol. The molecule has 2 rings (SSSR count). The maximum atomic E-state index is 12.4. The lowest BCUT2D eigenvalue weighted by atomic mass is 9.94. The number of nitrogens with zero attached hydrogens (tertiary/aromatic N) is 2. The van der Waals surface area contributed by atoms with Crippen LogP contribution in [0.3, 0.4) is 0 Å². The van der Waals surface area contributed by atoms with E-state index in [1.807, 2.05) is 13.8 Å². The topological polar surface area (TPSA) is 56.1 Å². The molecule has 0 spiro atoms. The molecule has 2 atom stereocenters. The molecule has 0 bridgehead atoms. The van der Waals surface area contributed by atoms with Gasteiger partial charge in [-0.25, -0.2) is 0 Å². The van der Waals surface area contributed by atoms with Crippen LogP contribution in [0.2, 0.25) is 5.15 Å². The van der Waals surface area contributed by atoms with E-state index in [9.17, 15) is 4.79 Å². The molecule has 0 saturated carbocycles. The van der Waals surface area contributed by atoms with Gasteiger partial charge in [-0.3, -0.25) is 9.48 Å². The SMILES string of the molecule is CCNC1COCC1C(=O)Cc1c(C)nn(C)c1Cl. The maximum Gasteiger partial charge on any atom is 0.144 e. The Hall–Kier alpha value is -0.910. The molecule has 0 amide bonds. The second-order valence-corrected chi connectivity index (χ2v) is 5.29. The molecule has 1 aliphatic heterocycles. The highest BCUT2D eigenvalue weighted by Gasteiger charge is 2.33. The van der Waals surface area contributed by atoms with Crippen molar-refractivity contribution in [2.24, 2.45) is 13.0 Å². The number of aromatic nitrogens is 2. The largest absolute Gasteiger partial charge is 0.379 e. The van der Waals surface area contributed by atoms with Crippen LogP contribution in [-0.4, -0.2) is 41.4 Å². The molecule has 1 aromatic heterocycles. The summed E-state index contributed by atoms with van der Waals surface area (Å²) in [6.07, 6.45) is 0.328. The van der Waals surface area contributed by atoms with Gasteiger partial charge < -0.3 is 10.1 Å². The molecule has 1 N–H and O–H groups in total. The molecular formula is C13H20ClN3O2. The first-order valence-corrected chi connectivity index (χ1v) is 6.94. The number of ether oxygens (including phenoxy) is 1. The van der Waals surface area contributed by atoms with Gasteiger partial charge in [0.05, 0.1) is 24.8 Å². The standard InChI is InChI=1S/C13H20ClN3O2/c1-4-15-11-7-19-6-10(11)12(18)5-9-8(2)16-17(3)13(9)14/h10-11,15H,4-7H2,1-3H3. The van der Waals surface area contributed by atoms with Gasteiger partial charge in [-0.2, -0.15) is 5.10 Å². The number of Topliss-reactive ketones (excluding diaryl/α,β-unsaturated/α-hetero) is 1. The van der Waals surface area contributed by atoms with Crippen molar-refractivity contribution in [3.05, 3.63) is 16.4 Å². The van der Waals surface area contributed by atoms with Crippen LogP contribution in [0.4, 0.5) is 0 Å². The van der Waals surface area contributed by atoms with Crippen molar-refractivity contribution >= 4 is 17.4 Å². The van der Waals surface area contributed by atoms with Crippen LogP contribution in [0.25, 0.3) is 0 Å². The molecule has 1 fully saturated rings. The summed E-state index contributed by atoms with van der Waals surface area (Å²) in [6, 6.07) is 0.119. The Labute approximate surface area is 118 Å².